The number of carbonyl (C=O) groups is 1. The van der Waals surface area contributed by atoms with Gasteiger partial charge in [-0.1, -0.05) is 6.92 Å². The minimum atomic E-state index is -4.37. The lowest BCUT2D eigenvalue weighted by Crippen LogP contribution is -2.49. The Kier molecular flexibility index (Phi) is 7.15. The van der Waals surface area contributed by atoms with E-state index in [9.17, 15) is 18.0 Å². The van der Waals surface area contributed by atoms with Crippen molar-refractivity contribution in [3.05, 3.63) is 29.8 Å². The fourth-order valence-electron chi connectivity index (χ4n) is 4.12. The van der Waals surface area contributed by atoms with Crippen molar-refractivity contribution >= 4 is 23.5 Å². The van der Waals surface area contributed by atoms with Gasteiger partial charge in [0.15, 0.2) is 0 Å². The quantitative estimate of drug-likeness (QED) is 0.742. The molecule has 2 amide bonds. The lowest BCUT2D eigenvalue weighted by molar-refractivity contribution is -0.137. The molecule has 0 unspecified atom stereocenters. The smallest absolute Gasteiger partial charge is 0.324 e. The lowest BCUT2D eigenvalue weighted by atomic mass is 10.0. The molecular weight excluding hydrogens is 387 g/mol. The van der Waals surface area contributed by atoms with E-state index >= 15 is 0 Å². The molecule has 156 valence electrons. The van der Waals surface area contributed by atoms with Crippen molar-refractivity contribution in [2.45, 2.75) is 50.9 Å². The molecule has 2 heterocycles. The fraction of sp³-hybridized carbons (Fsp3) is 0.650. The summed E-state index contributed by atoms with van der Waals surface area (Å²) in [6.45, 7) is 4.71. The first-order chi connectivity index (χ1) is 13.4. The second-order valence-electron chi connectivity index (χ2n) is 7.42. The van der Waals surface area contributed by atoms with E-state index in [4.69, 9.17) is 0 Å². The molecule has 2 fully saturated rings. The van der Waals surface area contributed by atoms with Gasteiger partial charge in [0.1, 0.15) is 0 Å². The van der Waals surface area contributed by atoms with Gasteiger partial charge in [0.25, 0.3) is 0 Å². The Hall–Kier alpha value is -1.41. The van der Waals surface area contributed by atoms with Crippen molar-refractivity contribution in [3.8, 4) is 0 Å². The van der Waals surface area contributed by atoms with Crippen LogP contribution in [-0.4, -0.2) is 59.1 Å². The minimum absolute atomic E-state index is 0.238. The van der Waals surface area contributed by atoms with Crippen molar-refractivity contribution in [3.63, 3.8) is 0 Å². The second-order valence-corrected chi connectivity index (χ2v) is 8.74. The number of carbonyl (C=O) groups excluding carboxylic acids is 1. The number of likely N-dealkylation sites (tertiary alicyclic amines) is 2. The maximum atomic E-state index is 12.6. The van der Waals surface area contributed by atoms with Gasteiger partial charge in [0.2, 0.25) is 0 Å². The highest BCUT2D eigenvalue weighted by Gasteiger charge is 2.34. The van der Waals surface area contributed by atoms with Crippen LogP contribution < -0.4 is 5.32 Å². The van der Waals surface area contributed by atoms with Gasteiger partial charge in [-0.2, -0.15) is 24.9 Å². The Morgan fingerprint density at radius 3 is 2.43 bits per heavy atom. The predicted molar refractivity (Wildman–Crippen MR) is 108 cm³/mol. The van der Waals surface area contributed by atoms with Crippen molar-refractivity contribution in [1.29, 1.82) is 0 Å². The Morgan fingerprint density at radius 2 is 1.82 bits per heavy atom. The molecule has 2 aliphatic rings. The molecule has 4 nitrogen and oxygen atoms in total. The van der Waals surface area contributed by atoms with Gasteiger partial charge in [-0.25, -0.2) is 4.79 Å². The molecule has 0 saturated carbocycles. The Bertz CT molecular complexity index is 645. The Balaban J connectivity index is 1.48. The zero-order valence-electron chi connectivity index (χ0n) is 16.2. The number of nitrogens with one attached hydrogen (secondary N) is 1. The zero-order valence-corrected chi connectivity index (χ0v) is 17.0. The number of nitrogens with zero attached hydrogens (tertiary/aromatic N) is 2. The summed E-state index contributed by atoms with van der Waals surface area (Å²) in [6, 6.07) is 5.52. The maximum absolute atomic E-state index is 12.6. The van der Waals surface area contributed by atoms with E-state index < -0.39 is 11.7 Å². The normalized spacial score (nSPS) is 21.9. The summed E-state index contributed by atoms with van der Waals surface area (Å²) in [7, 11) is 0. The van der Waals surface area contributed by atoms with E-state index in [1.165, 1.54) is 30.7 Å². The lowest BCUT2D eigenvalue weighted by Gasteiger charge is -2.39. The number of urea groups is 1. The molecule has 2 aliphatic heterocycles. The van der Waals surface area contributed by atoms with Crippen LogP contribution in [-0.2, 0) is 6.18 Å². The van der Waals surface area contributed by atoms with Gasteiger partial charge in [-0.15, -0.1) is 0 Å². The summed E-state index contributed by atoms with van der Waals surface area (Å²) in [4.78, 5) is 16.9. The van der Waals surface area contributed by atoms with Gasteiger partial charge in [0.05, 0.1) is 5.56 Å². The SMILES string of the molecule is CCSC[C@@H]1CCCN1C1CCN(C(=O)Nc2ccc(C(F)(F)F)cc2)CC1. The van der Waals surface area contributed by atoms with Crippen LogP contribution in [0.1, 0.15) is 38.2 Å². The van der Waals surface area contributed by atoms with Crippen molar-refractivity contribution < 1.29 is 18.0 Å². The summed E-state index contributed by atoms with van der Waals surface area (Å²) in [5.74, 6) is 2.33. The molecule has 0 aromatic heterocycles. The Labute approximate surface area is 168 Å². The molecule has 1 atom stereocenters. The van der Waals surface area contributed by atoms with Crippen LogP contribution in [0.2, 0.25) is 0 Å². The van der Waals surface area contributed by atoms with Gasteiger partial charge >= 0.3 is 12.2 Å². The average Bonchev–Trinajstić information content (AvgIpc) is 3.14. The number of benzene rings is 1. The molecule has 1 aromatic rings. The van der Waals surface area contributed by atoms with E-state index in [1.807, 2.05) is 11.8 Å². The van der Waals surface area contributed by atoms with E-state index in [2.05, 4.69) is 17.1 Å². The largest absolute Gasteiger partial charge is 0.416 e. The van der Waals surface area contributed by atoms with Crippen LogP contribution in [0.4, 0.5) is 23.7 Å². The summed E-state index contributed by atoms with van der Waals surface area (Å²) >= 11 is 2.00. The van der Waals surface area contributed by atoms with Crippen molar-refractivity contribution in [2.75, 3.05) is 36.5 Å². The third kappa shape index (κ3) is 5.35. The number of thioether (sulfide) groups is 1. The molecule has 1 aromatic carbocycles. The maximum Gasteiger partial charge on any atom is 0.416 e. The van der Waals surface area contributed by atoms with E-state index in [0.29, 0.717) is 30.9 Å². The summed E-state index contributed by atoms with van der Waals surface area (Å²) in [5.41, 5.74) is -0.330. The highest BCUT2D eigenvalue weighted by atomic mass is 32.2. The Morgan fingerprint density at radius 1 is 1.14 bits per heavy atom. The van der Waals surface area contributed by atoms with Gasteiger partial charge in [0, 0.05) is 36.6 Å². The van der Waals surface area contributed by atoms with Crippen molar-refractivity contribution in [1.82, 2.24) is 9.80 Å². The summed E-state index contributed by atoms with van der Waals surface area (Å²) in [6.07, 6.45) is 0.0557. The highest BCUT2D eigenvalue weighted by Crippen LogP contribution is 2.30. The van der Waals surface area contributed by atoms with E-state index in [-0.39, 0.29) is 6.03 Å². The second kappa shape index (κ2) is 9.39. The van der Waals surface area contributed by atoms with Crippen molar-refractivity contribution in [2.24, 2.45) is 0 Å². The topological polar surface area (TPSA) is 35.6 Å². The number of hydrogen-bond donors (Lipinski definition) is 1. The van der Waals surface area contributed by atoms with E-state index in [1.54, 1.807) is 4.90 Å². The number of hydrogen-bond acceptors (Lipinski definition) is 3. The monoisotopic (exact) mass is 415 g/mol. The molecule has 3 rings (SSSR count). The van der Waals surface area contributed by atoms with Crippen LogP contribution in [0.15, 0.2) is 24.3 Å². The van der Waals surface area contributed by atoms with Gasteiger partial charge in [-0.05, 0) is 62.2 Å². The van der Waals surface area contributed by atoms with Gasteiger partial charge < -0.3 is 10.2 Å². The number of alkyl halides is 3. The number of rotatable bonds is 5. The first-order valence-corrected chi connectivity index (χ1v) is 11.1. The molecule has 0 aliphatic carbocycles. The van der Waals surface area contributed by atoms with Gasteiger partial charge in [-0.3, -0.25) is 4.90 Å². The molecule has 1 N–H and O–H groups in total. The summed E-state index contributed by atoms with van der Waals surface area (Å²) < 4.78 is 37.9. The molecule has 0 spiro atoms. The molecule has 0 bridgehead atoms. The minimum Gasteiger partial charge on any atom is -0.324 e. The van der Waals surface area contributed by atoms with Crippen LogP contribution >= 0.6 is 11.8 Å². The first kappa shape index (κ1) is 21.3. The van der Waals surface area contributed by atoms with Crippen LogP contribution in [0.25, 0.3) is 0 Å². The molecular formula is C20H28F3N3OS. The average molecular weight is 416 g/mol. The number of anilines is 1. The highest BCUT2D eigenvalue weighted by molar-refractivity contribution is 7.99. The number of halogens is 3. The third-order valence-corrected chi connectivity index (χ3v) is 6.65. The zero-order chi connectivity index (χ0) is 20.1. The number of piperidine rings is 1. The number of amides is 2. The van der Waals surface area contributed by atoms with E-state index in [0.717, 1.165) is 37.3 Å². The predicted octanol–water partition coefficient (Wildman–Crippen LogP) is 4.92. The molecule has 28 heavy (non-hydrogen) atoms. The molecule has 2 saturated heterocycles. The fourth-order valence-corrected chi connectivity index (χ4v) is 4.98. The first-order valence-electron chi connectivity index (χ1n) is 9.95. The molecule has 0 radical (unpaired) electrons. The van der Waals surface area contributed by atoms with Crippen LogP contribution in [0.5, 0.6) is 0 Å². The van der Waals surface area contributed by atoms with Crippen LogP contribution in [0.3, 0.4) is 0 Å². The van der Waals surface area contributed by atoms with Crippen LogP contribution in [0, 0.1) is 0 Å². The molecule has 8 heteroatoms. The standard InChI is InChI=1S/C20H28F3N3OS/c1-2-28-14-18-4-3-11-26(18)17-9-12-25(13-10-17)19(27)24-16-7-5-15(6-8-16)20(21,22)23/h5-8,17-18H,2-4,9-14H2,1H3,(H,24,27)/t18-/m0/s1. The summed E-state index contributed by atoms with van der Waals surface area (Å²) in [5, 5.41) is 2.71. The third-order valence-electron chi connectivity index (χ3n) is 5.62.